The Labute approximate surface area is 98.9 Å². The number of hydrogen-bond donors (Lipinski definition) is 1. The summed E-state index contributed by atoms with van der Waals surface area (Å²) in [6.45, 7) is 9.51. The minimum atomic E-state index is 0.272. The highest BCUT2D eigenvalue weighted by Crippen LogP contribution is 2.42. The average molecular weight is 227 g/mol. The molecule has 1 N–H and O–H groups in total. The van der Waals surface area contributed by atoms with Crippen LogP contribution in [0.4, 0.5) is 0 Å². The molecular weight excluding hydrogens is 202 g/mol. The fourth-order valence-corrected chi connectivity index (χ4v) is 2.76. The Balaban J connectivity index is 1.71. The van der Waals surface area contributed by atoms with Gasteiger partial charge in [0.1, 0.15) is 0 Å². The first-order valence-corrected chi connectivity index (χ1v) is 6.61. The van der Waals surface area contributed by atoms with Crippen LogP contribution in [-0.4, -0.2) is 38.0 Å². The van der Waals surface area contributed by atoms with Gasteiger partial charge in [-0.15, -0.1) is 0 Å². The van der Waals surface area contributed by atoms with Gasteiger partial charge in [-0.2, -0.15) is 0 Å². The molecule has 94 valence electrons. The van der Waals surface area contributed by atoms with Gasteiger partial charge in [0.15, 0.2) is 0 Å². The number of rotatable bonds is 5. The van der Waals surface area contributed by atoms with Crippen molar-refractivity contribution in [2.45, 2.75) is 58.3 Å². The Bertz CT molecular complexity index is 224. The van der Waals surface area contributed by atoms with Gasteiger partial charge in [0, 0.05) is 18.1 Å². The van der Waals surface area contributed by atoms with Crippen LogP contribution >= 0.6 is 0 Å². The van der Waals surface area contributed by atoms with E-state index in [1.807, 2.05) is 0 Å². The van der Waals surface area contributed by atoms with Crippen LogP contribution in [0.1, 0.15) is 40.0 Å². The van der Waals surface area contributed by atoms with Gasteiger partial charge in [-0.1, -0.05) is 20.8 Å². The van der Waals surface area contributed by atoms with Crippen LogP contribution in [0, 0.1) is 5.41 Å². The van der Waals surface area contributed by atoms with Crippen LogP contribution < -0.4 is 5.32 Å². The standard InChI is InChI=1S/C13H25NO2/c1-4-14-11-8-12(13(11,2)3)16-9-10-6-5-7-15-10/h10-12,14H,4-9H2,1-3H3. The molecule has 0 aromatic heterocycles. The highest BCUT2D eigenvalue weighted by molar-refractivity contribution is 5.02. The van der Waals surface area contributed by atoms with E-state index in [0.717, 1.165) is 26.2 Å². The van der Waals surface area contributed by atoms with Crippen molar-refractivity contribution in [3.8, 4) is 0 Å². The molecule has 2 aliphatic rings. The number of hydrogen-bond acceptors (Lipinski definition) is 3. The van der Waals surface area contributed by atoms with E-state index >= 15 is 0 Å². The molecule has 0 amide bonds. The first-order chi connectivity index (χ1) is 7.64. The van der Waals surface area contributed by atoms with Crippen LogP contribution in [0.5, 0.6) is 0 Å². The van der Waals surface area contributed by atoms with E-state index in [9.17, 15) is 0 Å². The summed E-state index contributed by atoms with van der Waals surface area (Å²) in [6.07, 6.45) is 4.27. The quantitative estimate of drug-likeness (QED) is 0.779. The van der Waals surface area contributed by atoms with E-state index in [1.165, 1.54) is 12.8 Å². The monoisotopic (exact) mass is 227 g/mol. The fraction of sp³-hybridized carbons (Fsp3) is 1.00. The first-order valence-electron chi connectivity index (χ1n) is 6.61. The lowest BCUT2D eigenvalue weighted by molar-refractivity contribution is -0.135. The number of nitrogens with one attached hydrogen (secondary N) is 1. The van der Waals surface area contributed by atoms with Crippen molar-refractivity contribution in [2.24, 2.45) is 5.41 Å². The largest absolute Gasteiger partial charge is 0.376 e. The van der Waals surface area contributed by atoms with Crippen molar-refractivity contribution in [2.75, 3.05) is 19.8 Å². The zero-order chi connectivity index (χ0) is 11.6. The smallest absolute Gasteiger partial charge is 0.0809 e. The maximum absolute atomic E-state index is 5.99. The van der Waals surface area contributed by atoms with E-state index in [1.54, 1.807) is 0 Å². The van der Waals surface area contributed by atoms with Gasteiger partial charge >= 0.3 is 0 Å². The van der Waals surface area contributed by atoms with Crippen molar-refractivity contribution in [1.29, 1.82) is 0 Å². The summed E-state index contributed by atoms with van der Waals surface area (Å²) in [5.74, 6) is 0. The van der Waals surface area contributed by atoms with Crippen molar-refractivity contribution in [3.05, 3.63) is 0 Å². The molecule has 1 saturated carbocycles. The summed E-state index contributed by atoms with van der Waals surface area (Å²) in [5.41, 5.74) is 0.272. The molecule has 0 bridgehead atoms. The zero-order valence-electron chi connectivity index (χ0n) is 10.8. The normalized spacial score (nSPS) is 37.3. The molecule has 0 spiro atoms. The van der Waals surface area contributed by atoms with Crippen molar-refractivity contribution in [1.82, 2.24) is 5.32 Å². The Morgan fingerprint density at radius 1 is 1.44 bits per heavy atom. The van der Waals surface area contributed by atoms with Crippen LogP contribution in [0.15, 0.2) is 0 Å². The van der Waals surface area contributed by atoms with Gasteiger partial charge in [-0.3, -0.25) is 0 Å². The predicted molar refractivity (Wildman–Crippen MR) is 64.6 cm³/mol. The fourth-order valence-electron chi connectivity index (χ4n) is 2.76. The highest BCUT2D eigenvalue weighted by Gasteiger charge is 2.48. The summed E-state index contributed by atoms with van der Waals surface area (Å²) >= 11 is 0. The molecule has 3 heteroatoms. The minimum Gasteiger partial charge on any atom is -0.376 e. The van der Waals surface area contributed by atoms with Gasteiger partial charge in [0.05, 0.1) is 18.8 Å². The molecule has 16 heavy (non-hydrogen) atoms. The Kier molecular flexibility index (Phi) is 3.88. The van der Waals surface area contributed by atoms with Gasteiger partial charge in [-0.25, -0.2) is 0 Å². The molecule has 1 aliphatic heterocycles. The van der Waals surface area contributed by atoms with Crippen LogP contribution in [0.25, 0.3) is 0 Å². The average Bonchev–Trinajstić information content (AvgIpc) is 2.75. The van der Waals surface area contributed by atoms with E-state index in [0.29, 0.717) is 18.2 Å². The summed E-state index contributed by atoms with van der Waals surface area (Å²) in [4.78, 5) is 0. The molecule has 3 unspecified atom stereocenters. The van der Waals surface area contributed by atoms with Gasteiger partial charge in [-0.05, 0) is 25.8 Å². The van der Waals surface area contributed by atoms with E-state index in [-0.39, 0.29) is 5.41 Å². The molecule has 1 heterocycles. The number of ether oxygens (including phenoxy) is 2. The molecule has 2 fully saturated rings. The zero-order valence-corrected chi connectivity index (χ0v) is 10.8. The molecule has 1 saturated heterocycles. The summed E-state index contributed by atoms with van der Waals surface area (Å²) < 4.78 is 11.6. The summed E-state index contributed by atoms with van der Waals surface area (Å²) in [5, 5.41) is 3.52. The van der Waals surface area contributed by atoms with E-state index in [4.69, 9.17) is 9.47 Å². The van der Waals surface area contributed by atoms with Crippen molar-refractivity contribution < 1.29 is 9.47 Å². The lowest BCUT2D eigenvalue weighted by atomic mass is 9.64. The van der Waals surface area contributed by atoms with Crippen molar-refractivity contribution >= 4 is 0 Å². The summed E-state index contributed by atoms with van der Waals surface area (Å²) in [7, 11) is 0. The molecule has 0 radical (unpaired) electrons. The molecule has 2 rings (SSSR count). The van der Waals surface area contributed by atoms with E-state index in [2.05, 4.69) is 26.1 Å². The molecular formula is C13H25NO2. The highest BCUT2D eigenvalue weighted by atomic mass is 16.5. The topological polar surface area (TPSA) is 30.5 Å². The molecule has 1 aliphatic carbocycles. The molecule has 3 nitrogen and oxygen atoms in total. The maximum Gasteiger partial charge on any atom is 0.0809 e. The minimum absolute atomic E-state index is 0.272. The van der Waals surface area contributed by atoms with Gasteiger partial charge in [0.25, 0.3) is 0 Å². The van der Waals surface area contributed by atoms with Crippen molar-refractivity contribution in [3.63, 3.8) is 0 Å². The second-order valence-electron chi connectivity index (χ2n) is 5.62. The lowest BCUT2D eigenvalue weighted by Crippen LogP contribution is -2.61. The Morgan fingerprint density at radius 3 is 2.81 bits per heavy atom. The first kappa shape index (κ1) is 12.3. The second-order valence-corrected chi connectivity index (χ2v) is 5.62. The molecule has 0 aromatic carbocycles. The molecule has 0 aromatic rings. The third-order valence-corrected chi connectivity index (χ3v) is 4.14. The van der Waals surface area contributed by atoms with Crippen LogP contribution in [-0.2, 0) is 9.47 Å². The van der Waals surface area contributed by atoms with E-state index < -0.39 is 0 Å². The SMILES string of the molecule is CCNC1CC(OCC2CCCO2)C1(C)C. The maximum atomic E-state index is 5.99. The second kappa shape index (κ2) is 5.03. The lowest BCUT2D eigenvalue weighted by Gasteiger charge is -2.52. The third kappa shape index (κ3) is 2.41. The Hall–Kier alpha value is -0.120. The predicted octanol–water partition coefficient (Wildman–Crippen LogP) is 1.96. The Morgan fingerprint density at radius 2 is 2.25 bits per heavy atom. The molecule has 3 atom stereocenters. The third-order valence-electron chi connectivity index (χ3n) is 4.14. The van der Waals surface area contributed by atoms with Gasteiger partial charge < -0.3 is 14.8 Å². The van der Waals surface area contributed by atoms with Crippen LogP contribution in [0.3, 0.4) is 0 Å². The van der Waals surface area contributed by atoms with Gasteiger partial charge in [0.2, 0.25) is 0 Å². The van der Waals surface area contributed by atoms with Crippen LogP contribution in [0.2, 0.25) is 0 Å². The summed E-state index contributed by atoms with van der Waals surface area (Å²) in [6, 6.07) is 0.618.